The highest BCUT2D eigenvalue weighted by Gasteiger charge is 2.23. The standard InChI is InChI=1S/C19H35N5O2S2/c1-4-24(5-2)28(25,26)18-10-9-17(27-18)11-12-21-19(20-3)22-13-16-23-14-7-6-8-15-23/h9-10H,4-8,11-16H2,1-3H3,(H2,20,21,22). The van der Waals surface area contributed by atoms with Crippen molar-refractivity contribution in [2.45, 2.75) is 43.7 Å². The molecule has 7 nitrogen and oxygen atoms in total. The second kappa shape index (κ2) is 11.7. The molecule has 2 N–H and O–H groups in total. The van der Waals surface area contributed by atoms with Crippen LogP contribution in [0.1, 0.15) is 38.0 Å². The molecule has 160 valence electrons. The molecule has 0 spiro atoms. The Balaban J connectivity index is 1.75. The van der Waals surface area contributed by atoms with E-state index < -0.39 is 10.0 Å². The number of hydrogen-bond acceptors (Lipinski definition) is 5. The van der Waals surface area contributed by atoms with Crippen molar-refractivity contribution < 1.29 is 8.42 Å². The van der Waals surface area contributed by atoms with Crippen molar-refractivity contribution in [1.29, 1.82) is 0 Å². The largest absolute Gasteiger partial charge is 0.356 e. The molecule has 2 rings (SSSR count). The highest BCUT2D eigenvalue weighted by atomic mass is 32.2. The van der Waals surface area contributed by atoms with Gasteiger partial charge in [0, 0.05) is 44.6 Å². The van der Waals surface area contributed by atoms with Crippen molar-refractivity contribution in [3.05, 3.63) is 17.0 Å². The number of rotatable bonds is 10. The van der Waals surface area contributed by atoms with Crippen LogP contribution in [0.15, 0.2) is 21.3 Å². The second-order valence-electron chi connectivity index (χ2n) is 6.89. The van der Waals surface area contributed by atoms with Gasteiger partial charge in [-0.05, 0) is 44.5 Å². The minimum Gasteiger partial charge on any atom is -0.356 e. The predicted molar refractivity (Wildman–Crippen MR) is 118 cm³/mol. The van der Waals surface area contributed by atoms with Crippen LogP contribution < -0.4 is 10.6 Å². The van der Waals surface area contributed by atoms with Crippen LogP contribution in [-0.4, -0.2) is 76.4 Å². The number of thiophene rings is 1. The quantitative estimate of drug-likeness (QED) is 0.439. The average Bonchev–Trinajstić information content (AvgIpc) is 3.18. The van der Waals surface area contributed by atoms with E-state index in [4.69, 9.17) is 0 Å². The first kappa shape index (κ1) is 23.1. The molecule has 2 heterocycles. The lowest BCUT2D eigenvalue weighted by atomic mass is 10.1. The van der Waals surface area contributed by atoms with E-state index in [1.807, 2.05) is 19.9 Å². The first-order valence-corrected chi connectivity index (χ1v) is 12.5. The molecule has 0 aliphatic carbocycles. The zero-order valence-electron chi connectivity index (χ0n) is 17.4. The minimum atomic E-state index is -3.36. The van der Waals surface area contributed by atoms with Crippen LogP contribution in [0.2, 0.25) is 0 Å². The summed E-state index contributed by atoms with van der Waals surface area (Å²) in [5.74, 6) is 0.796. The number of nitrogens with one attached hydrogen (secondary N) is 2. The SMILES string of the molecule is CCN(CC)S(=O)(=O)c1ccc(CCNC(=NC)NCCN2CCCCC2)s1. The molecule has 1 fully saturated rings. The van der Waals surface area contributed by atoms with Crippen LogP contribution in [0.3, 0.4) is 0 Å². The molecule has 0 atom stereocenters. The van der Waals surface area contributed by atoms with Gasteiger partial charge in [-0.3, -0.25) is 4.99 Å². The van der Waals surface area contributed by atoms with Crippen molar-refractivity contribution in [3.63, 3.8) is 0 Å². The molecule has 0 amide bonds. The maximum absolute atomic E-state index is 12.6. The molecule has 9 heteroatoms. The molecule has 1 saturated heterocycles. The first-order chi connectivity index (χ1) is 13.5. The lowest BCUT2D eigenvalue weighted by Crippen LogP contribution is -2.43. The van der Waals surface area contributed by atoms with E-state index in [0.717, 1.165) is 30.3 Å². The smallest absolute Gasteiger partial charge is 0.252 e. The van der Waals surface area contributed by atoms with Crippen LogP contribution >= 0.6 is 11.3 Å². The Hall–Kier alpha value is -1.16. The molecular formula is C19H35N5O2S2. The van der Waals surface area contributed by atoms with Crippen LogP contribution in [0, 0.1) is 0 Å². The van der Waals surface area contributed by atoms with Crippen LogP contribution in [-0.2, 0) is 16.4 Å². The molecule has 0 saturated carbocycles. The number of aliphatic imine (C=N–C) groups is 1. The summed E-state index contributed by atoms with van der Waals surface area (Å²) >= 11 is 1.36. The van der Waals surface area contributed by atoms with Gasteiger partial charge < -0.3 is 15.5 Å². The molecule has 0 aromatic carbocycles. The molecule has 1 aromatic heterocycles. The van der Waals surface area contributed by atoms with Gasteiger partial charge in [-0.2, -0.15) is 4.31 Å². The number of likely N-dealkylation sites (tertiary alicyclic amines) is 1. The Kier molecular flexibility index (Phi) is 9.70. The fourth-order valence-corrected chi connectivity index (χ4v) is 6.33. The summed E-state index contributed by atoms with van der Waals surface area (Å²) < 4.78 is 27.1. The van der Waals surface area contributed by atoms with E-state index in [-0.39, 0.29) is 0 Å². The Morgan fingerprint density at radius 2 is 1.82 bits per heavy atom. The Labute approximate surface area is 174 Å². The number of nitrogens with zero attached hydrogens (tertiary/aromatic N) is 3. The van der Waals surface area contributed by atoms with Crippen molar-refractivity contribution in [3.8, 4) is 0 Å². The van der Waals surface area contributed by atoms with Crippen molar-refractivity contribution in [2.24, 2.45) is 4.99 Å². The van der Waals surface area contributed by atoms with E-state index in [1.54, 1.807) is 13.1 Å². The first-order valence-electron chi connectivity index (χ1n) is 10.3. The average molecular weight is 430 g/mol. The van der Waals surface area contributed by atoms with E-state index in [1.165, 1.54) is 48.0 Å². The fraction of sp³-hybridized carbons (Fsp3) is 0.737. The maximum atomic E-state index is 12.6. The van der Waals surface area contributed by atoms with E-state index in [9.17, 15) is 8.42 Å². The number of guanidine groups is 1. The molecule has 0 unspecified atom stereocenters. The summed E-state index contributed by atoms with van der Waals surface area (Å²) in [5, 5.41) is 6.68. The van der Waals surface area contributed by atoms with E-state index in [2.05, 4.69) is 20.5 Å². The zero-order valence-corrected chi connectivity index (χ0v) is 19.0. The third-order valence-electron chi connectivity index (χ3n) is 4.99. The van der Waals surface area contributed by atoms with Crippen molar-refractivity contribution >= 4 is 27.3 Å². The van der Waals surface area contributed by atoms with Gasteiger partial charge in [-0.25, -0.2) is 8.42 Å². The summed E-state index contributed by atoms with van der Waals surface area (Å²) in [6, 6.07) is 3.63. The maximum Gasteiger partial charge on any atom is 0.252 e. The Morgan fingerprint density at radius 1 is 1.14 bits per heavy atom. The van der Waals surface area contributed by atoms with Gasteiger partial charge in [-0.15, -0.1) is 11.3 Å². The molecule has 1 aromatic rings. The van der Waals surface area contributed by atoms with Crippen molar-refractivity contribution in [1.82, 2.24) is 19.8 Å². The van der Waals surface area contributed by atoms with E-state index >= 15 is 0 Å². The summed E-state index contributed by atoms with van der Waals surface area (Å²) in [7, 11) is -1.58. The normalized spacial score (nSPS) is 16.5. The predicted octanol–water partition coefficient (Wildman–Crippen LogP) is 1.97. The van der Waals surface area contributed by atoms with Crippen LogP contribution in [0.5, 0.6) is 0 Å². The summed E-state index contributed by atoms with van der Waals surface area (Å²) in [5.41, 5.74) is 0. The molecule has 1 aliphatic heterocycles. The number of hydrogen-bond donors (Lipinski definition) is 2. The lowest BCUT2D eigenvalue weighted by molar-refractivity contribution is 0.232. The van der Waals surface area contributed by atoms with Gasteiger partial charge in [0.1, 0.15) is 4.21 Å². The Bertz CT molecular complexity index is 708. The third-order valence-corrected chi connectivity index (χ3v) is 8.66. The summed E-state index contributed by atoms with van der Waals surface area (Å²) in [6.07, 6.45) is 4.73. The summed E-state index contributed by atoms with van der Waals surface area (Å²) in [4.78, 5) is 7.82. The van der Waals surface area contributed by atoms with Gasteiger partial charge in [-0.1, -0.05) is 20.3 Å². The highest BCUT2D eigenvalue weighted by Crippen LogP contribution is 2.25. The van der Waals surface area contributed by atoms with Gasteiger partial charge in [0.2, 0.25) is 0 Å². The highest BCUT2D eigenvalue weighted by molar-refractivity contribution is 7.91. The third kappa shape index (κ3) is 6.72. The second-order valence-corrected chi connectivity index (χ2v) is 10.2. The molecule has 0 bridgehead atoms. The Morgan fingerprint density at radius 3 is 2.46 bits per heavy atom. The van der Waals surface area contributed by atoms with Gasteiger partial charge in [0.15, 0.2) is 5.96 Å². The lowest BCUT2D eigenvalue weighted by Gasteiger charge is -2.26. The van der Waals surface area contributed by atoms with Crippen molar-refractivity contribution in [2.75, 3.05) is 52.9 Å². The number of sulfonamides is 1. The minimum absolute atomic E-state index is 0.426. The van der Waals surface area contributed by atoms with Crippen LogP contribution in [0.25, 0.3) is 0 Å². The summed E-state index contributed by atoms with van der Waals surface area (Å²) in [6.45, 7) is 9.75. The topological polar surface area (TPSA) is 77.0 Å². The molecule has 0 radical (unpaired) electrons. The van der Waals surface area contributed by atoms with E-state index in [0.29, 0.717) is 23.8 Å². The number of piperidine rings is 1. The van der Waals surface area contributed by atoms with Gasteiger partial charge in [0.25, 0.3) is 10.0 Å². The van der Waals surface area contributed by atoms with Crippen LogP contribution in [0.4, 0.5) is 0 Å². The molecule has 28 heavy (non-hydrogen) atoms. The molecular weight excluding hydrogens is 394 g/mol. The zero-order chi connectivity index (χ0) is 20.4. The molecule has 1 aliphatic rings. The fourth-order valence-electron chi connectivity index (χ4n) is 3.36. The van der Waals surface area contributed by atoms with Gasteiger partial charge >= 0.3 is 0 Å². The monoisotopic (exact) mass is 429 g/mol. The van der Waals surface area contributed by atoms with Gasteiger partial charge in [0.05, 0.1) is 0 Å².